The molecule has 2 aliphatic rings. The second-order valence-corrected chi connectivity index (χ2v) is 10.9. The van der Waals surface area contributed by atoms with E-state index < -0.39 is 35.2 Å². The molecule has 0 spiro atoms. The van der Waals surface area contributed by atoms with Crippen molar-refractivity contribution in [2.75, 3.05) is 6.54 Å². The summed E-state index contributed by atoms with van der Waals surface area (Å²) in [6.45, 7) is 2.76. The molecule has 0 aliphatic heterocycles. The molecule has 212 valence electrons. The molecule has 0 unspecified atom stereocenters. The number of rotatable bonds is 12. The maximum atomic E-state index is 13.9. The lowest BCUT2D eigenvalue weighted by Gasteiger charge is -2.28. The predicted octanol–water partition coefficient (Wildman–Crippen LogP) is 3.87. The fraction of sp³-hybridized carbons (Fsp3) is 0.533. The van der Waals surface area contributed by atoms with Gasteiger partial charge in [-0.1, -0.05) is 50.5 Å². The van der Waals surface area contributed by atoms with Gasteiger partial charge < -0.3 is 26.4 Å². The molecule has 4 rings (SSSR count). The molecule has 0 bridgehead atoms. The van der Waals surface area contributed by atoms with Gasteiger partial charge in [-0.15, -0.1) is 0 Å². The van der Waals surface area contributed by atoms with Crippen LogP contribution in [0.3, 0.4) is 0 Å². The highest BCUT2D eigenvalue weighted by molar-refractivity contribution is 5.94. The molecule has 0 aromatic heterocycles. The van der Waals surface area contributed by atoms with E-state index in [2.05, 4.69) is 40.3 Å². The molecule has 0 radical (unpaired) electrons. The molecule has 2 aromatic carbocycles. The fourth-order valence-corrected chi connectivity index (χ4v) is 5.26. The molecule has 2 atom stereocenters. The molecule has 39 heavy (non-hydrogen) atoms. The van der Waals surface area contributed by atoms with Crippen molar-refractivity contribution in [3.63, 3.8) is 0 Å². The zero-order chi connectivity index (χ0) is 27.8. The highest BCUT2D eigenvalue weighted by Crippen LogP contribution is 2.36. The number of amides is 3. The minimum Gasteiger partial charge on any atom is -0.390 e. The van der Waals surface area contributed by atoms with Crippen LogP contribution in [0.25, 0.3) is 0 Å². The summed E-state index contributed by atoms with van der Waals surface area (Å²) in [6, 6.07) is 10.2. The van der Waals surface area contributed by atoms with Gasteiger partial charge in [0.1, 0.15) is 17.2 Å². The Kier molecular flexibility index (Phi) is 9.91. The zero-order valence-electron chi connectivity index (χ0n) is 22.6. The van der Waals surface area contributed by atoms with E-state index in [1.807, 2.05) is 12.1 Å². The molecule has 0 saturated heterocycles. The van der Waals surface area contributed by atoms with Crippen LogP contribution < -0.4 is 21.3 Å². The molecule has 2 aromatic rings. The molecule has 0 heterocycles. The number of carbonyl (C=O) groups is 2. The van der Waals surface area contributed by atoms with Gasteiger partial charge in [-0.25, -0.2) is 13.6 Å². The zero-order valence-corrected chi connectivity index (χ0v) is 22.6. The predicted molar refractivity (Wildman–Crippen MR) is 146 cm³/mol. The lowest BCUT2D eigenvalue weighted by molar-refractivity contribution is -0.125. The first-order valence-electron chi connectivity index (χ1n) is 14.1. The third-order valence-corrected chi connectivity index (χ3v) is 7.72. The van der Waals surface area contributed by atoms with Crippen LogP contribution in [-0.4, -0.2) is 47.3 Å². The number of benzene rings is 2. The van der Waals surface area contributed by atoms with E-state index in [4.69, 9.17) is 0 Å². The summed E-state index contributed by atoms with van der Waals surface area (Å²) < 4.78 is 27.7. The average Bonchev–Trinajstić information content (AvgIpc) is 3.68. The number of aliphatic hydroxyl groups excluding tert-OH is 1. The SMILES string of the molecule is CCc1cccc(CNC[C@@H](O)[C@H](Cc2cc(F)cc(F)c2)NC(=O)C2(NC(=O)NC3CCCCC3)CC2)c1. The van der Waals surface area contributed by atoms with Crippen molar-refractivity contribution in [2.24, 2.45) is 0 Å². The van der Waals surface area contributed by atoms with E-state index in [1.54, 1.807) is 0 Å². The lowest BCUT2D eigenvalue weighted by atomic mass is 9.96. The van der Waals surface area contributed by atoms with Crippen LogP contribution >= 0.6 is 0 Å². The van der Waals surface area contributed by atoms with E-state index in [-0.39, 0.29) is 25.0 Å². The topological polar surface area (TPSA) is 102 Å². The van der Waals surface area contributed by atoms with Crippen molar-refractivity contribution < 1.29 is 23.5 Å². The number of nitrogens with one attached hydrogen (secondary N) is 4. The normalized spacial score (nSPS) is 18.2. The summed E-state index contributed by atoms with van der Waals surface area (Å²) in [6.07, 6.45) is 6.07. The van der Waals surface area contributed by atoms with Crippen LogP contribution in [0.2, 0.25) is 0 Å². The van der Waals surface area contributed by atoms with Crippen LogP contribution in [-0.2, 0) is 24.2 Å². The van der Waals surface area contributed by atoms with E-state index in [0.717, 1.165) is 43.7 Å². The van der Waals surface area contributed by atoms with Gasteiger partial charge in [-0.05, 0) is 67.3 Å². The van der Waals surface area contributed by atoms with Crippen molar-refractivity contribution >= 4 is 11.9 Å². The van der Waals surface area contributed by atoms with Gasteiger partial charge in [0.15, 0.2) is 0 Å². The standard InChI is InChI=1S/C30H40F2N4O3/c1-2-20-7-6-8-21(13-20)18-33-19-27(37)26(16-22-14-23(31)17-24(32)15-22)35-28(38)30(11-12-30)36-29(39)34-25-9-4-3-5-10-25/h6-8,13-15,17,25-27,33,37H,2-5,9-12,16,18-19H2,1H3,(H,35,38)(H2,34,36,39)/t26-,27+/m0/s1. The van der Waals surface area contributed by atoms with Gasteiger partial charge in [0.05, 0.1) is 12.1 Å². The number of urea groups is 1. The molecule has 9 heteroatoms. The van der Waals surface area contributed by atoms with Gasteiger partial charge in [0, 0.05) is 25.2 Å². The quantitative estimate of drug-likeness (QED) is 0.281. The average molecular weight is 543 g/mol. The molecule has 7 nitrogen and oxygen atoms in total. The van der Waals surface area contributed by atoms with Gasteiger partial charge in [-0.3, -0.25) is 4.79 Å². The Balaban J connectivity index is 1.39. The van der Waals surface area contributed by atoms with Crippen LogP contribution in [0.5, 0.6) is 0 Å². The molecule has 2 saturated carbocycles. The molecule has 3 amide bonds. The summed E-state index contributed by atoms with van der Waals surface area (Å²) in [5.41, 5.74) is 1.56. The Hall–Kier alpha value is -3.04. The van der Waals surface area contributed by atoms with Crippen molar-refractivity contribution in [3.8, 4) is 0 Å². The minimum absolute atomic E-state index is 0.0267. The van der Waals surface area contributed by atoms with Gasteiger partial charge in [-0.2, -0.15) is 0 Å². The van der Waals surface area contributed by atoms with E-state index in [9.17, 15) is 23.5 Å². The van der Waals surface area contributed by atoms with Crippen LogP contribution in [0, 0.1) is 11.6 Å². The van der Waals surface area contributed by atoms with E-state index in [0.29, 0.717) is 24.9 Å². The summed E-state index contributed by atoms with van der Waals surface area (Å²) in [4.78, 5) is 26.0. The highest BCUT2D eigenvalue weighted by Gasteiger charge is 2.52. The Morgan fingerprint density at radius 2 is 1.69 bits per heavy atom. The van der Waals surface area contributed by atoms with Crippen LogP contribution in [0.15, 0.2) is 42.5 Å². The Morgan fingerprint density at radius 3 is 2.36 bits per heavy atom. The second kappa shape index (κ2) is 13.3. The number of hydrogen-bond acceptors (Lipinski definition) is 4. The Labute approximate surface area is 229 Å². The van der Waals surface area contributed by atoms with Crippen LogP contribution in [0.1, 0.15) is 68.6 Å². The molecule has 2 aliphatic carbocycles. The molecule has 5 N–H and O–H groups in total. The lowest BCUT2D eigenvalue weighted by Crippen LogP contribution is -2.58. The Morgan fingerprint density at radius 1 is 1.00 bits per heavy atom. The van der Waals surface area contributed by atoms with Crippen molar-refractivity contribution in [1.82, 2.24) is 21.3 Å². The first-order chi connectivity index (χ1) is 18.8. The first-order valence-corrected chi connectivity index (χ1v) is 14.1. The highest BCUT2D eigenvalue weighted by atomic mass is 19.1. The van der Waals surface area contributed by atoms with Crippen LogP contribution in [0.4, 0.5) is 13.6 Å². The number of halogens is 2. The summed E-state index contributed by atoms with van der Waals surface area (Å²) in [7, 11) is 0. The van der Waals surface area contributed by atoms with Gasteiger partial charge >= 0.3 is 6.03 Å². The molecule has 2 fully saturated rings. The number of aliphatic hydroxyl groups is 1. The third kappa shape index (κ3) is 8.47. The fourth-order valence-electron chi connectivity index (χ4n) is 5.26. The minimum atomic E-state index is -1.04. The second-order valence-electron chi connectivity index (χ2n) is 10.9. The summed E-state index contributed by atoms with van der Waals surface area (Å²) in [5.74, 6) is -1.85. The first kappa shape index (κ1) is 29.0. The van der Waals surface area contributed by atoms with E-state index in [1.165, 1.54) is 24.1 Å². The largest absolute Gasteiger partial charge is 0.390 e. The summed E-state index contributed by atoms with van der Waals surface area (Å²) >= 11 is 0. The maximum Gasteiger partial charge on any atom is 0.315 e. The monoisotopic (exact) mass is 542 g/mol. The number of hydrogen-bond donors (Lipinski definition) is 5. The molecular formula is C30H40F2N4O3. The third-order valence-electron chi connectivity index (χ3n) is 7.72. The summed E-state index contributed by atoms with van der Waals surface area (Å²) in [5, 5.41) is 23.0. The molecular weight excluding hydrogens is 502 g/mol. The maximum absolute atomic E-state index is 13.9. The number of aryl methyl sites for hydroxylation is 1. The Bertz CT molecular complexity index is 1110. The van der Waals surface area contributed by atoms with Gasteiger partial charge in [0.25, 0.3) is 0 Å². The van der Waals surface area contributed by atoms with E-state index >= 15 is 0 Å². The number of carbonyl (C=O) groups excluding carboxylic acids is 2. The van der Waals surface area contributed by atoms with Crippen molar-refractivity contribution in [3.05, 3.63) is 70.8 Å². The van der Waals surface area contributed by atoms with Crippen molar-refractivity contribution in [1.29, 1.82) is 0 Å². The van der Waals surface area contributed by atoms with Gasteiger partial charge in [0.2, 0.25) is 5.91 Å². The smallest absolute Gasteiger partial charge is 0.315 e. The van der Waals surface area contributed by atoms with Crippen molar-refractivity contribution in [2.45, 2.75) is 95.0 Å².